The minimum Gasteiger partial charge on any atom is -0.496 e. The normalized spacial score (nSPS) is 14.0. The predicted octanol–water partition coefficient (Wildman–Crippen LogP) is 2.70. The molecule has 0 saturated carbocycles. The molecule has 0 radical (unpaired) electrons. The topological polar surface area (TPSA) is 29.5 Å². The van der Waals surface area contributed by atoms with Gasteiger partial charge in [0.2, 0.25) is 5.78 Å². The lowest BCUT2D eigenvalue weighted by Gasteiger charge is -2.05. The third-order valence-electron chi connectivity index (χ3n) is 2.85. The molecule has 1 aromatic rings. The highest BCUT2D eigenvalue weighted by atomic mass is 79.9. The molecule has 4 heteroatoms. The molecule has 0 atom stereocenters. The number of carbonyl (C=O) groups excluding carboxylic acids is 1. The molecule has 18 heavy (non-hydrogen) atoms. The Morgan fingerprint density at radius 1 is 1.39 bits per heavy atom. The Kier molecular flexibility index (Phi) is 4.27. The maximum atomic E-state index is 11.9. The Morgan fingerprint density at radius 3 is 2.72 bits per heavy atom. The molecule has 0 N–H and O–H groups in total. The zero-order valence-corrected chi connectivity index (χ0v) is 11.8. The van der Waals surface area contributed by atoms with Crippen LogP contribution in [-0.4, -0.2) is 30.9 Å². The first-order valence-electron chi connectivity index (χ1n) is 5.85. The average molecular weight is 308 g/mol. The number of Topliss-reactive ketones (excluding diaryl/α,β-unsaturated/α-hetero) is 1. The van der Waals surface area contributed by atoms with E-state index in [0.29, 0.717) is 11.3 Å². The van der Waals surface area contributed by atoms with E-state index in [1.165, 1.54) is 0 Å². The molecule has 1 aliphatic rings. The smallest absolute Gasteiger partial charge is 0.237 e. The van der Waals surface area contributed by atoms with Crippen molar-refractivity contribution in [1.29, 1.82) is 0 Å². The molecule has 1 heterocycles. The largest absolute Gasteiger partial charge is 0.496 e. The minimum atomic E-state index is -0.162. The Hall–Kier alpha value is -1.47. The Morgan fingerprint density at radius 2 is 2.11 bits per heavy atom. The number of likely N-dealkylation sites (tertiary alicyclic amines) is 1. The highest BCUT2D eigenvalue weighted by Crippen LogP contribution is 2.25. The fraction of sp³-hybridized carbons (Fsp3) is 0.357. The van der Waals surface area contributed by atoms with Crippen molar-refractivity contribution in [3.05, 3.63) is 28.2 Å². The average Bonchev–Trinajstić information content (AvgIpc) is 2.89. The molecule has 1 saturated heterocycles. The van der Waals surface area contributed by atoms with Crippen molar-refractivity contribution in [3.63, 3.8) is 0 Å². The molecular weight excluding hydrogens is 294 g/mol. The monoisotopic (exact) mass is 307 g/mol. The standard InChI is InChI=1S/C14H14BrNO2/c1-18-14-5-4-11(10-12(14)15)13(17)6-9-16-7-2-3-8-16/h4-5,10H,2-3,7-8H2,1H3. The molecule has 1 aliphatic heterocycles. The van der Waals surface area contributed by atoms with Crippen molar-refractivity contribution < 1.29 is 9.53 Å². The van der Waals surface area contributed by atoms with E-state index in [9.17, 15) is 4.79 Å². The van der Waals surface area contributed by atoms with Gasteiger partial charge in [0.05, 0.1) is 11.6 Å². The molecule has 2 rings (SSSR count). The van der Waals surface area contributed by atoms with E-state index >= 15 is 0 Å². The Labute approximate surface area is 115 Å². The molecule has 0 aliphatic carbocycles. The van der Waals surface area contributed by atoms with E-state index in [2.05, 4.69) is 27.9 Å². The van der Waals surface area contributed by atoms with Gasteiger partial charge in [-0.05, 0) is 52.9 Å². The predicted molar refractivity (Wildman–Crippen MR) is 73.6 cm³/mol. The molecule has 1 aromatic carbocycles. The number of ether oxygens (including phenoxy) is 1. The van der Waals surface area contributed by atoms with Crippen LogP contribution in [0.15, 0.2) is 22.7 Å². The van der Waals surface area contributed by atoms with Gasteiger partial charge in [0.15, 0.2) is 0 Å². The quantitative estimate of drug-likeness (QED) is 0.621. The van der Waals surface area contributed by atoms with Crippen LogP contribution in [0.2, 0.25) is 0 Å². The first kappa shape index (κ1) is 13.0. The number of nitrogens with zero attached hydrogens (tertiary/aromatic N) is 1. The van der Waals surface area contributed by atoms with Gasteiger partial charge in [-0.15, -0.1) is 0 Å². The van der Waals surface area contributed by atoms with E-state index in [1.807, 2.05) is 4.90 Å². The maximum Gasteiger partial charge on any atom is 0.237 e. The fourth-order valence-corrected chi connectivity index (χ4v) is 2.38. The van der Waals surface area contributed by atoms with E-state index < -0.39 is 0 Å². The molecule has 0 amide bonds. The van der Waals surface area contributed by atoms with Crippen molar-refractivity contribution >= 4 is 21.7 Å². The van der Waals surface area contributed by atoms with Gasteiger partial charge in [0.1, 0.15) is 5.75 Å². The van der Waals surface area contributed by atoms with Gasteiger partial charge in [-0.2, -0.15) is 0 Å². The lowest BCUT2D eigenvalue weighted by molar-refractivity contribution is 0.105. The summed E-state index contributed by atoms with van der Waals surface area (Å²) in [5, 5.41) is 0. The Balaban J connectivity index is 2.11. The van der Waals surface area contributed by atoms with Crippen LogP contribution in [-0.2, 0) is 0 Å². The van der Waals surface area contributed by atoms with Crippen molar-refractivity contribution in [2.45, 2.75) is 12.8 Å². The number of hydrogen-bond donors (Lipinski definition) is 0. The Bertz CT molecular complexity index is 510. The first-order chi connectivity index (χ1) is 8.70. The zero-order chi connectivity index (χ0) is 13.0. The highest BCUT2D eigenvalue weighted by Gasteiger charge is 2.09. The van der Waals surface area contributed by atoms with Crippen LogP contribution in [0.4, 0.5) is 0 Å². The number of rotatable bonds is 2. The van der Waals surface area contributed by atoms with Gasteiger partial charge in [0, 0.05) is 24.7 Å². The van der Waals surface area contributed by atoms with Gasteiger partial charge in [0.25, 0.3) is 0 Å². The summed E-state index contributed by atoms with van der Waals surface area (Å²) in [5.74, 6) is 3.23. The van der Waals surface area contributed by atoms with Crippen LogP contribution in [0.25, 0.3) is 0 Å². The lowest BCUT2D eigenvalue weighted by atomic mass is 10.1. The van der Waals surface area contributed by atoms with E-state index in [1.54, 1.807) is 25.3 Å². The van der Waals surface area contributed by atoms with Gasteiger partial charge in [-0.1, -0.05) is 0 Å². The number of halogens is 1. The summed E-state index contributed by atoms with van der Waals surface area (Å²) in [6.45, 7) is 1.93. The van der Waals surface area contributed by atoms with Gasteiger partial charge in [-0.3, -0.25) is 4.79 Å². The van der Waals surface area contributed by atoms with E-state index in [0.717, 1.165) is 30.4 Å². The minimum absolute atomic E-state index is 0.162. The highest BCUT2D eigenvalue weighted by molar-refractivity contribution is 9.10. The summed E-state index contributed by atoms with van der Waals surface area (Å²) < 4.78 is 5.88. The van der Waals surface area contributed by atoms with Gasteiger partial charge in [-0.25, -0.2) is 0 Å². The third kappa shape index (κ3) is 3.05. The molecule has 94 valence electrons. The summed E-state index contributed by atoms with van der Waals surface area (Å²) in [6.07, 6.45) is 2.33. The van der Waals surface area contributed by atoms with Crippen LogP contribution in [0.3, 0.4) is 0 Å². The van der Waals surface area contributed by atoms with Crippen LogP contribution < -0.4 is 4.74 Å². The van der Waals surface area contributed by atoms with Gasteiger partial charge < -0.3 is 9.64 Å². The van der Waals surface area contributed by atoms with Crippen molar-refractivity contribution in [2.75, 3.05) is 20.2 Å². The number of benzene rings is 1. The second-order valence-electron chi connectivity index (χ2n) is 4.11. The summed E-state index contributed by atoms with van der Waals surface area (Å²) in [6, 6.07) is 8.14. The van der Waals surface area contributed by atoms with Crippen molar-refractivity contribution in [3.8, 4) is 17.7 Å². The zero-order valence-electron chi connectivity index (χ0n) is 10.2. The van der Waals surface area contributed by atoms with Crippen LogP contribution >= 0.6 is 15.9 Å². The molecule has 1 fully saturated rings. The summed E-state index contributed by atoms with van der Waals surface area (Å²) >= 11 is 3.36. The molecule has 3 nitrogen and oxygen atoms in total. The molecule has 0 aromatic heterocycles. The van der Waals surface area contributed by atoms with Crippen molar-refractivity contribution in [2.24, 2.45) is 0 Å². The second-order valence-corrected chi connectivity index (χ2v) is 4.96. The lowest BCUT2D eigenvalue weighted by Crippen LogP contribution is -2.12. The molecule has 0 spiro atoms. The number of hydrogen-bond acceptors (Lipinski definition) is 3. The number of methoxy groups -OCH3 is 1. The SMILES string of the molecule is COc1ccc(C(=O)C#CN2CCCC2)cc1Br. The molecule has 0 unspecified atom stereocenters. The molecule has 0 bridgehead atoms. The summed E-state index contributed by atoms with van der Waals surface area (Å²) in [5.41, 5.74) is 0.578. The fourth-order valence-electron chi connectivity index (χ4n) is 1.84. The van der Waals surface area contributed by atoms with E-state index in [-0.39, 0.29) is 5.78 Å². The second kappa shape index (κ2) is 5.92. The van der Waals surface area contributed by atoms with Crippen LogP contribution in [0.1, 0.15) is 23.2 Å². The maximum absolute atomic E-state index is 11.9. The van der Waals surface area contributed by atoms with Crippen molar-refractivity contribution in [1.82, 2.24) is 4.90 Å². The number of ketones is 1. The summed E-state index contributed by atoms with van der Waals surface area (Å²) in [7, 11) is 1.59. The molecular formula is C14H14BrNO2. The van der Waals surface area contributed by atoms with Crippen LogP contribution in [0, 0.1) is 12.0 Å². The van der Waals surface area contributed by atoms with E-state index in [4.69, 9.17) is 4.74 Å². The van der Waals surface area contributed by atoms with Crippen LogP contribution in [0.5, 0.6) is 5.75 Å². The summed E-state index contributed by atoms with van der Waals surface area (Å²) in [4.78, 5) is 13.9. The third-order valence-corrected chi connectivity index (χ3v) is 3.47. The number of carbonyl (C=O) groups is 1. The van der Waals surface area contributed by atoms with Gasteiger partial charge >= 0.3 is 0 Å². The first-order valence-corrected chi connectivity index (χ1v) is 6.64.